The summed E-state index contributed by atoms with van der Waals surface area (Å²) in [4.78, 5) is 2.61. The molecule has 1 fully saturated rings. The maximum atomic E-state index is 5.89. The fourth-order valence-electron chi connectivity index (χ4n) is 3.10. The van der Waals surface area contributed by atoms with E-state index in [1.165, 1.54) is 31.4 Å². The van der Waals surface area contributed by atoms with E-state index in [2.05, 4.69) is 44.0 Å². The molecule has 0 spiro atoms. The Balaban J connectivity index is 1.90. The van der Waals surface area contributed by atoms with Crippen molar-refractivity contribution in [3.63, 3.8) is 0 Å². The van der Waals surface area contributed by atoms with Crippen LogP contribution < -0.4 is 5.32 Å². The van der Waals surface area contributed by atoms with Gasteiger partial charge in [-0.3, -0.25) is 4.90 Å². The summed E-state index contributed by atoms with van der Waals surface area (Å²) in [7, 11) is 0. The number of aryl methyl sites for hydroxylation is 1. The van der Waals surface area contributed by atoms with Crippen LogP contribution in [0, 0.1) is 12.8 Å². The zero-order chi connectivity index (χ0) is 14.5. The predicted molar refractivity (Wildman–Crippen MR) is 83.7 cm³/mol. The molecule has 1 aromatic rings. The molecule has 1 unspecified atom stereocenters. The van der Waals surface area contributed by atoms with Crippen molar-refractivity contribution in [3.8, 4) is 0 Å². The van der Waals surface area contributed by atoms with E-state index in [1.54, 1.807) is 0 Å². The Hall–Kier alpha value is -0.800. The maximum absolute atomic E-state index is 5.89. The second-order valence-electron chi connectivity index (χ2n) is 6.49. The van der Waals surface area contributed by atoms with Crippen molar-refractivity contribution in [3.05, 3.63) is 23.2 Å². The number of furan rings is 1. The van der Waals surface area contributed by atoms with Crippen LogP contribution >= 0.6 is 0 Å². The van der Waals surface area contributed by atoms with Crippen molar-refractivity contribution < 1.29 is 4.42 Å². The Morgan fingerprint density at radius 1 is 1.45 bits per heavy atom. The van der Waals surface area contributed by atoms with E-state index in [0.29, 0.717) is 5.92 Å². The molecular weight excluding hydrogens is 248 g/mol. The minimum atomic E-state index is 0.681. The van der Waals surface area contributed by atoms with Crippen LogP contribution in [-0.2, 0) is 13.1 Å². The average molecular weight is 278 g/mol. The number of hydrogen-bond acceptors (Lipinski definition) is 3. The van der Waals surface area contributed by atoms with Crippen molar-refractivity contribution in [2.75, 3.05) is 13.1 Å². The average Bonchev–Trinajstić information content (AvgIpc) is 2.97. The lowest BCUT2D eigenvalue weighted by Crippen LogP contribution is -2.28. The summed E-state index contributed by atoms with van der Waals surface area (Å²) in [5.41, 5.74) is 1.37. The highest BCUT2D eigenvalue weighted by Crippen LogP contribution is 2.24. The highest BCUT2D eigenvalue weighted by Gasteiger charge is 2.23. The zero-order valence-corrected chi connectivity index (χ0v) is 13.5. The quantitative estimate of drug-likeness (QED) is 0.824. The lowest BCUT2D eigenvalue weighted by atomic mass is 10.1. The Morgan fingerprint density at radius 3 is 2.95 bits per heavy atom. The van der Waals surface area contributed by atoms with Crippen LogP contribution in [0.25, 0.3) is 0 Å². The van der Waals surface area contributed by atoms with Gasteiger partial charge in [0, 0.05) is 18.2 Å². The highest BCUT2D eigenvalue weighted by molar-refractivity contribution is 5.21. The van der Waals surface area contributed by atoms with Crippen LogP contribution in [0.5, 0.6) is 0 Å². The Morgan fingerprint density at radius 2 is 2.25 bits per heavy atom. The largest absolute Gasteiger partial charge is 0.465 e. The van der Waals surface area contributed by atoms with E-state index < -0.39 is 0 Å². The molecule has 0 amide bonds. The van der Waals surface area contributed by atoms with Crippen LogP contribution in [0.3, 0.4) is 0 Å². The third kappa shape index (κ3) is 4.10. The summed E-state index contributed by atoms with van der Waals surface area (Å²) >= 11 is 0. The lowest BCUT2D eigenvalue weighted by Gasteiger charge is -2.22. The van der Waals surface area contributed by atoms with Crippen molar-refractivity contribution in [1.82, 2.24) is 10.2 Å². The Kier molecular flexibility index (Phi) is 5.67. The fraction of sp³-hybridized carbons (Fsp3) is 0.765. The van der Waals surface area contributed by atoms with Crippen molar-refractivity contribution in [2.24, 2.45) is 5.92 Å². The molecule has 2 heterocycles. The molecule has 114 valence electrons. The number of likely N-dealkylation sites (tertiary alicyclic amines) is 1. The maximum Gasteiger partial charge on any atom is 0.118 e. The van der Waals surface area contributed by atoms with E-state index in [-0.39, 0.29) is 0 Å². The first-order valence-corrected chi connectivity index (χ1v) is 8.13. The van der Waals surface area contributed by atoms with E-state index in [0.717, 1.165) is 37.2 Å². The van der Waals surface area contributed by atoms with Crippen molar-refractivity contribution in [2.45, 2.75) is 66.1 Å². The molecule has 0 aromatic carbocycles. The first-order valence-electron chi connectivity index (χ1n) is 8.13. The molecule has 1 atom stereocenters. The first kappa shape index (κ1) is 15.6. The summed E-state index contributed by atoms with van der Waals surface area (Å²) in [5, 5.41) is 3.45. The summed E-state index contributed by atoms with van der Waals surface area (Å²) in [6, 6.07) is 3.01. The van der Waals surface area contributed by atoms with E-state index in [9.17, 15) is 0 Å². The number of nitrogens with zero attached hydrogens (tertiary/aromatic N) is 1. The Bertz CT molecular complexity index is 411. The van der Waals surface area contributed by atoms with Gasteiger partial charge >= 0.3 is 0 Å². The molecule has 0 bridgehead atoms. The highest BCUT2D eigenvalue weighted by atomic mass is 16.3. The normalized spacial score (nSPS) is 20.1. The second-order valence-corrected chi connectivity index (χ2v) is 6.49. The van der Waals surface area contributed by atoms with Gasteiger partial charge in [-0.25, -0.2) is 0 Å². The molecule has 1 aliphatic rings. The van der Waals surface area contributed by atoms with Crippen LogP contribution in [0.4, 0.5) is 0 Å². The molecule has 1 aromatic heterocycles. The summed E-state index contributed by atoms with van der Waals surface area (Å²) < 4.78 is 5.89. The van der Waals surface area contributed by atoms with Crippen molar-refractivity contribution >= 4 is 0 Å². The number of hydrogen-bond donors (Lipinski definition) is 1. The molecular formula is C17H30N2O. The van der Waals surface area contributed by atoms with Gasteiger partial charge in [-0.15, -0.1) is 0 Å². The van der Waals surface area contributed by atoms with Crippen LogP contribution in [-0.4, -0.2) is 24.0 Å². The number of rotatable bonds is 7. The van der Waals surface area contributed by atoms with Gasteiger partial charge in [0.05, 0.1) is 6.54 Å². The van der Waals surface area contributed by atoms with Gasteiger partial charge in [-0.05, 0) is 51.3 Å². The molecule has 1 aliphatic heterocycles. The predicted octanol–water partition coefficient (Wildman–Crippen LogP) is 3.71. The van der Waals surface area contributed by atoms with Gasteiger partial charge in [0.25, 0.3) is 0 Å². The fourth-order valence-corrected chi connectivity index (χ4v) is 3.10. The van der Waals surface area contributed by atoms with Crippen LogP contribution in [0.2, 0.25) is 0 Å². The molecule has 3 nitrogen and oxygen atoms in total. The molecule has 1 N–H and O–H groups in total. The van der Waals surface area contributed by atoms with E-state index >= 15 is 0 Å². The van der Waals surface area contributed by atoms with Gasteiger partial charge in [0.1, 0.15) is 11.5 Å². The second kappa shape index (κ2) is 7.28. The first-order chi connectivity index (χ1) is 9.60. The molecule has 20 heavy (non-hydrogen) atoms. The molecule has 2 rings (SSSR count). The SMILES string of the molecule is CCC1CCCN1Cc1cc(CNCC(C)C)oc1C. The van der Waals surface area contributed by atoms with Crippen molar-refractivity contribution in [1.29, 1.82) is 0 Å². The minimum absolute atomic E-state index is 0.681. The van der Waals surface area contributed by atoms with E-state index in [4.69, 9.17) is 4.42 Å². The lowest BCUT2D eigenvalue weighted by molar-refractivity contribution is 0.238. The van der Waals surface area contributed by atoms with Crippen LogP contribution in [0.15, 0.2) is 10.5 Å². The summed E-state index contributed by atoms with van der Waals surface area (Å²) in [5.74, 6) is 2.85. The third-order valence-corrected chi connectivity index (χ3v) is 4.27. The van der Waals surface area contributed by atoms with Gasteiger partial charge in [-0.1, -0.05) is 20.8 Å². The molecule has 1 saturated heterocycles. The number of nitrogens with one attached hydrogen (secondary N) is 1. The smallest absolute Gasteiger partial charge is 0.118 e. The molecule has 0 aliphatic carbocycles. The monoisotopic (exact) mass is 278 g/mol. The topological polar surface area (TPSA) is 28.4 Å². The van der Waals surface area contributed by atoms with Gasteiger partial charge in [0.15, 0.2) is 0 Å². The van der Waals surface area contributed by atoms with Crippen LogP contribution in [0.1, 0.15) is 57.1 Å². The molecule has 3 heteroatoms. The third-order valence-electron chi connectivity index (χ3n) is 4.27. The molecule has 0 radical (unpaired) electrons. The van der Waals surface area contributed by atoms with Gasteiger partial charge in [0.2, 0.25) is 0 Å². The van der Waals surface area contributed by atoms with Gasteiger partial charge < -0.3 is 9.73 Å². The summed E-state index contributed by atoms with van der Waals surface area (Å²) in [6.07, 6.45) is 3.97. The molecule has 0 saturated carbocycles. The Labute approximate surface area is 123 Å². The van der Waals surface area contributed by atoms with Gasteiger partial charge in [-0.2, -0.15) is 0 Å². The summed E-state index contributed by atoms with van der Waals surface area (Å²) in [6.45, 7) is 13.0. The minimum Gasteiger partial charge on any atom is -0.465 e. The standard InChI is InChI=1S/C17H30N2O/c1-5-16-7-6-8-19(16)12-15-9-17(20-14(15)4)11-18-10-13(2)3/h9,13,16,18H,5-8,10-12H2,1-4H3. The zero-order valence-electron chi connectivity index (χ0n) is 13.5. The van der Waals surface area contributed by atoms with E-state index in [1.807, 2.05) is 0 Å².